The van der Waals surface area contributed by atoms with Crippen molar-refractivity contribution in [2.24, 2.45) is 5.92 Å². The molecule has 29 heavy (non-hydrogen) atoms. The van der Waals surface area contributed by atoms with Gasteiger partial charge in [-0.05, 0) is 49.1 Å². The van der Waals surface area contributed by atoms with Gasteiger partial charge in [-0.3, -0.25) is 14.5 Å². The van der Waals surface area contributed by atoms with E-state index in [4.69, 9.17) is 0 Å². The molecule has 5 heteroatoms. The number of carbonyl (C=O) groups excluding carboxylic acids is 2. The number of nitrogens with zero attached hydrogens (tertiary/aromatic N) is 1. The van der Waals surface area contributed by atoms with Crippen LogP contribution in [0.2, 0.25) is 0 Å². The molecule has 1 aliphatic rings. The summed E-state index contributed by atoms with van der Waals surface area (Å²) in [6, 6.07) is 18.1. The van der Waals surface area contributed by atoms with Crippen LogP contribution in [-0.4, -0.2) is 29.8 Å². The second-order valence-electron chi connectivity index (χ2n) is 7.77. The van der Waals surface area contributed by atoms with E-state index in [0.29, 0.717) is 13.0 Å². The fraction of sp³-hybridized carbons (Fsp3) is 0.417. The molecule has 0 aromatic heterocycles. The molecule has 2 aromatic rings. The Balaban J connectivity index is 1.45. The van der Waals surface area contributed by atoms with Gasteiger partial charge in [-0.2, -0.15) is 0 Å². The van der Waals surface area contributed by atoms with Gasteiger partial charge in [0.15, 0.2) is 0 Å². The Morgan fingerprint density at radius 1 is 1.03 bits per heavy atom. The van der Waals surface area contributed by atoms with Gasteiger partial charge in [0.2, 0.25) is 11.8 Å². The smallest absolute Gasteiger partial charge is 0.224 e. The molecule has 2 amide bonds. The Morgan fingerprint density at radius 2 is 1.79 bits per heavy atom. The molecule has 2 aromatic carbocycles. The topological polar surface area (TPSA) is 61.4 Å². The number of nitrogens with one attached hydrogen (secondary N) is 2. The van der Waals surface area contributed by atoms with Crippen LogP contribution in [0.1, 0.15) is 43.7 Å². The minimum absolute atomic E-state index is 0.0332. The summed E-state index contributed by atoms with van der Waals surface area (Å²) in [6.07, 6.45) is 3.36. The highest BCUT2D eigenvalue weighted by Crippen LogP contribution is 2.19. The predicted molar refractivity (Wildman–Crippen MR) is 116 cm³/mol. The molecular formula is C24H31N3O2. The number of hydrogen-bond acceptors (Lipinski definition) is 3. The van der Waals surface area contributed by atoms with E-state index >= 15 is 0 Å². The lowest BCUT2D eigenvalue weighted by Gasteiger charge is -2.32. The SMILES string of the molecule is CCCC(=O)Nc1ccc(CNC(=O)C2CCCN(Cc3ccccc3)C2)cc1. The van der Waals surface area contributed by atoms with E-state index in [-0.39, 0.29) is 17.7 Å². The van der Waals surface area contributed by atoms with Crippen LogP contribution in [0.3, 0.4) is 0 Å². The van der Waals surface area contributed by atoms with Gasteiger partial charge in [0.25, 0.3) is 0 Å². The minimum atomic E-state index is 0.0332. The predicted octanol–water partition coefficient (Wildman–Crippen LogP) is 3.95. The zero-order chi connectivity index (χ0) is 20.5. The maximum atomic E-state index is 12.7. The zero-order valence-electron chi connectivity index (χ0n) is 17.2. The third-order valence-electron chi connectivity index (χ3n) is 5.31. The molecule has 2 N–H and O–H groups in total. The third kappa shape index (κ3) is 6.71. The highest BCUT2D eigenvalue weighted by atomic mass is 16.2. The summed E-state index contributed by atoms with van der Waals surface area (Å²) in [5.41, 5.74) is 3.12. The van der Waals surface area contributed by atoms with Crippen LogP contribution in [0.5, 0.6) is 0 Å². The molecule has 3 rings (SSSR count). The van der Waals surface area contributed by atoms with E-state index < -0.39 is 0 Å². The van der Waals surface area contributed by atoms with Gasteiger partial charge in [-0.15, -0.1) is 0 Å². The van der Waals surface area contributed by atoms with E-state index in [0.717, 1.165) is 50.1 Å². The molecule has 1 saturated heterocycles. The first-order valence-corrected chi connectivity index (χ1v) is 10.6. The Labute approximate surface area is 173 Å². The van der Waals surface area contributed by atoms with Gasteiger partial charge < -0.3 is 10.6 Å². The van der Waals surface area contributed by atoms with Gasteiger partial charge in [0.05, 0.1) is 5.92 Å². The van der Waals surface area contributed by atoms with Crippen molar-refractivity contribution >= 4 is 17.5 Å². The van der Waals surface area contributed by atoms with Gasteiger partial charge >= 0.3 is 0 Å². The number of anilines is 1. The number of benzene rings is 2. The largest absolute Gasteiger partial charge is 0.352 e. The first-order valence-electron chi connectivity index (χ1n) is 10.6. The van der Waals surface area contributed by atoms with Crippen LogP contribution in [-0.2, 0) is 22.7 Å². The molecule has 154 valence electrons. The second-order valence-corrected chi connectivity index (χ2v) is 7.77. The number of piperidine rings is 1. The molecule has 0 radical (unpaired) electrons. The standard InChI is InChI=1S/C24H31N3O2/c1-2-7-23(28)26-22-13-11-19(12-14-22)16-25-24(29)21-10-6-15-27(18-21)17-20-8-4-3-5-9-20/h3-5,8-9,11-14,21H,2,6-7,10,15-18H2,1H3,(H,25,29)(H,26,28). The molecule has 1 fully saturated rings. The van der Waals surface area contributed by atoms with Crippen LogP contribution in [0.4, 0.5) is 5.69 Å². The van der Waals surface area contributed by atoms with Crippen molar-refractivity contribution in [3.8, 4) is 0 Å². The van der Waals surface area contributed by atoms with Crippen molar-refractivity contribution in [3.05, 3.63) is 65.7 Å². The Hall–Kier alpha value is -2.66. The molecule has 0 aliphatic carbocycles. The molecule has 1 heterocycles. The van der Waals surface area contributed by atoms with E-state index in [9.17, 15) is 9.59 Å². The zero-order valence-corrected chi connectivity index (χ0v) is 17.2. The van der Waals surface area contributed by atoms with E-state index in [2.05, 4.69) is 39.8 Å². The van der Waals surface area contributed by atoms with Crippen molar-refractivity contribution in [1.82, 2.24) is 10.2 Å². The fourth-order valence-electron chi connectivity index (χ4n) is 3.74. The number of hydrogen-bond donors (Lipinski definition) is 2. The summed E-state index contributed by atoms with van der Waals surface area (Å²) in [5, 5.41) is 5.96. The van der Waals surface area contributed by atoms with Crippen molar-refractivity contribution in [2.75, 3.05) is 18.4 Å². The van der Waals surface area contributed by atoms with Gasteiger partial charge in [-0.25, -0.2) is 0 Å². The van der Waals surface area contributed by atoms with Crippen LogP contribution in [0.25, 0.3) is 0 Å². The van der Waals surface area contributed by atoms with Crippen molar-refractivity contribution in [3.63, 3.8) is 0 Å². The lowest BCUT2D eigenvalue weighted by molar-refractivity contribution is -0.127. The number of carbonyl (C=O) groups is 2. The lowest BCUT2D eigenvalue weighted by atomic mass is 9.96. The van der Waals surface area contributed by atoms with E-state index in [1.807, 2.05) is 37.3 Å². The highest BCUT2D eigenvalue weighted by molar-refractivity contribution is 5.90. The molecule has 1 atom stereocenters. The third-order valence-corrected chi connectivity index (χ3v) is 5.31. The Morgan fingerprint density at radius 3 is 2.52 bits per heavy atom. The van der Waals surface area contributed by atoms with Gasteiger partial charge in [0.1, 0.15) is 0 Å². The summed E-state index contributed by atoms with van der Waals surface area (Å²) in [4.78, 5) is 26.7. The summed E-state index contributed by atoms with van der Waals surface area (Å²) < 4.78 is 0. The average molecular weight is 394 g/mol. The maximum absolute atomic E-state index is 12.7. The molecule has 1 unspecified atom stereocenters. The molecule has 0 saturated carbocycles. The average Bonchev–Trinajstić information content (AvgIpc) is 2.74. The Bertz CT molecular complexity index is 790. The van der Waals surface area contributed by atoms with E-state index in [1.54, 1.807) is 0 Å². The lowest BCUT2D eigenvalue weighted by Crippen LogP contribution is -2.42. The van der Waals surface area contributed by atoms with Crippen molar-refractivity contribution in [2.45, 2.75) is 45.7 Å². The minimum Gasteiger partial charge on any atom is -0.352 e. The molecule has 0 bridgehead atoms. The van der Waals surface area contributed by atoms with Gasteiger partial charge in [0, 0.05) is 31.7 Å². The van der Waals surface area contributed by atoms with E-state index in [1.165, 1.54) is 5.56 Å². The molecule has 0 spiro atoms. The summed E-state index contributed by atoms with van der Waals surface area (Å²) in [6.45, 7) is 5.25. The van der Waals surface area contributed by atoms with Crippen LogP contribution in [0, 0.1) is 5.92 Å². The number of amides is 2. The van der Waals surface area contributed by atoms with Crippen LogP contribution >= 0.6 is 0 Å². The van der Waals surface area contributed by atoms with Crippen molar-refractivity contribution in [1.29, 1.82) is 0 Å². The first kappa shape index (κ1) is 21.1. The monoisotopic (exact) mass is 393 g/mol. The second kappa shape index (κ2) is 10.8. The maximum Gasteiger partial charge on any atom is 0.224 e. The Kier molecular flexibility index (Phi) is 7.82. The van der Waals surface area contributed by atoms with Crippen molar-refractivity contribution < 1.29 is 9.59 Å². The highest BCUT2D eigenvalue weighted by Gasteiger charge is 2.25. The van der Waals surface area contributed by atoms with Crippen LogP contribution < -0.4 is 10.6 Å². The summed E-state index contributed by atoms with van der Waals surface area (Å²) >= 11 is 0. The quantitative estimate of drug-likeness (QED) is 0.714. The fourth-order valence-corrected chi connectivity index (χ4v) is 3.74. The summed E-state index contributed by atoms with van der Waals surface area (Å²) in [5.74, 6) is 0.203. The normalized spacial score (nSPS) is 16.9. The van der Waals surface area contributed by atoms with Gasteiger partial charge in [-0.1, -0.05) is 49.4 Å². The number of likely N-dealkylation sites (tertiary alicyclic amines) is 1. The first-order chi connectivity index (χ1) is 14.1. The summed E-state index contributed by atoms with van der Waals surface area (Å²) in [7, 11) is 0. The molecule has 1 aliphatic heterocycles. The molecule has 5 nitrogen and oxygen atoms in total. The van der Waals surface area contributed by atoms with Crippen LogP contribution in [0.15, 0.2) is 54.6 Å². The number of rotatable bonds is 8. The molecular weight excluding hydrogens is 362 g/mol.